The summed E-state index contributed by atoms with van der Waals surface area (Å²) in [5, 5.41) is 3.39. The van der Waals surface area contributed by atoms with Crippen LogP contribution in [0, 0.1) is 0 Å². The number of amides is 1. The van der Waals surface area contributed by atoms with E-state index in [1.54, 1.807) is 13.0 Å². The average molecular weight is 269 g/mol. The number of rotatable bonds is 6. The average Bonchev–Trinajstić information content (AvgIpc) is 2.64. The summed E-state index contributed by atoms with van der Waals surface area (Å²) in [6.45, 7) is 5.90. The van der Waals surface area contributed by atoms with Gasteiger partial charge in [-0.15, -0.1) is 17.9 Å². The van der Waals surface area contributed by atoms with Gasteiger partial charge >= 0.3 is 5.97 Å². The second kappa shape index (κ2) is 6.06. The zero-order valence-corrected chi connectivity index (χ0v) is 10.8. The van der Waals surface area contributed by atoms with Crippen molar-refractivity contribution in [3.8, 4) is 0 Å². The minimum absolute atomic E-state index is 0.0533. The number of thiophene rings is 1. The second-order valence-electron chi connectivity index (χ2n) is 3.30. The molecule has 1 rings (SSSR count). The van der Waals surface area contributed by atoms with Crippen molar-refractivity contribution in [2.24, 2.45) is 5.73 Å². The van der Waals surface area contributed by atoms with E-state index < -0.39 is 11.9 Å². The van der Waals surface area contributed by atoms with Crippen molar-refractivity contribution in [2.75, 3.05) is 24.2 Å². The van der Waals surface area contributed by atoms with Crippen molar-refractivity contribution in [2.45, 2.75) is 6.92 Å². The van der Waals surface area contributed by atoms with Gasteiger partial charge in [-0.2, -0.15) is 0 Å². The zero-order chi connectivity index (χ0) is 13.7. The Kier molecular flexibility index (Phi) is 4.73. The smallest absolute Gasteiger partial charge is 0.343 e. The minimum Gasteiger partial charge on any atom is -0.462 e. The molecular weight excluding hydrogens is 254 g/mol. The van der Waals surface area contributed by atoms with E-state index in [0.29, 0.717) is 11.5 Å². The first kappa shape index (κ1) is 14.0. The molecule has 0 radical (unpaired) electrons. The first-order valence-corrected chi connectivity index (χ1v) is 6.08. The Morgan fingerprint density at radius 2 is 2.22 bits per heavy atom. The van der Waals surface area contributed by atoms with Gasteiger partial charge in [0.15, 0.2) is 0 Å². The molecule has 0 fully saturated rings. The van der Waals surface area contributed by atoms with Crippen molar-refractivity contribution in [3.05, 3.63) is 23.1 Å². The van der Waals surface area contributed by atoms with Crippen LogP contribution in [0.1, 0.15) is 27.0 Å². The summed E-state index contributed by atoms with van der Waals surface area (Å²) < 4.78 is 4.89. The summed E-state index contributed by atoms with van der Waals surface area (Å²) in [5.41, 5.74) is 11.1. The number of nitrogen functional groups attached to an aromatic ring is 1. The van der Waals surface area contributed by atoms with Crippen LogP contribution in [0.3, 0.4) is 0 Å². The molecule has 0 aliphatic carbocycles. The van der Waals surface area contributed by atoms with Crippen LogP contribution >= 0.6 is 11.3 Å². The fraction of sp³-hybridized carbons (Fsp3) is 0.273. The van der Waals surface area contributed by atoms with Crippen LogP contribution < -0.4 is 16.8 Å². The number of hydrogen-bond acceptors (Lipinski definition) is 6. The van der Waals surface area contributed by atoms with Gasteiger partial charge in [0.05, 0.1) is 12.3 Å². The molecule has 1 heterocycles. The number of esters is 1. The molecule has 0 aliphatic rings. The molecule has 1 aromatic rings. The van der Waals surface area contributed by atoms with Crippen LogP contribution in [0.2, 0.25) is 0 Å². The molecule has 0 aliphatic heterocycles. The first-order chi connectivity index (χ1) is 8.52. The molecule has 0 bridgehead atoms. The number of hydrogen-bond donors (Lipinski definition) is 3. The molecular formula is C11H15N3O3S. The lowest BCUT2D eigenvalue weighted by Crippen LogP contribution is -2.13. The van der Waals surface area contributed by atoms with Gasteiger partial charge in [0, 0.05) is 6.54 Å². The molecule has 7 heteroatoms. The quantitative estimate of drug-likeness (QED) is 0.531. The lowest BCUT2D eigenvalue weighted by Gasteiger charge is -2.05. The molecule has 98 valence electrons. The van der Waals surface area contributed by atoms with E-state index in [1.807, 2.05) is 0 Å². The van der Waals surface area contributed by atoms with Gasteiger partial charge in [0.1, 0.15) is 15.4 Å². The highest BCUT2D eigenvalue weighted by Crippen LogP contribution is 2.35. The van der Waals surface area contributed by atoms with Crippen molar-refractivity contribution < 1.29 is 14.3 Å². The van der Waals surface area contributed by atoms with Crippen molar-refractivity contribution in [1.29, 1.82) is 0 Å². The Hall–Kier alpha value is -2.02. The molecule has 1 aromatic heterocycles. The number of anilines is 2. The number of primary amides is 1. The molecule has 0 aromatic carbocycles. The summed E-state index contributed by atoms with van der Waals surface area (Å²) >= 11 is 1.03. The Morgan fingerprint density at radius 1 is 1.56 bits per heavy atom. The largest absolute Gasteiger partial charge is 0.462 e. The van der Waals surface area contributed by atoms with E-state index >= 15 is 0 Å². The Morgan fingerprint density at radius 3 is 2.72 bits per heavy atom. The molecule has 18 heavy (non-hydrogen) atoms. The summed E-state index contributed by atoms with van der Waals surface area (Å²) in [5.74, 6) is -1.25. The molecule has 0 saturated heterocycles. The van der Waals surface area contributed by atoms with Crippen LogP contribution in [0.5, 0.6) is 0 Å². The fourth-order valence-electron chi connectivity index (χ4n) is 1.32. The number of carbonyl (C=O) groups excluding carboxylic acids is 2. The van der Waals surface area contributed by atoms with Gasteiger partial charge in [0.2, 0.25) is 0 Å². The Labute approximate surface area is 109 Å². The molecule has 6 nitrogen and oxygen atoms in total. The molecule has 5 N–H and O–H groups in total. The van der Waals surface area contributed by atoms with Gasteiger partial charge in [-0.05, 0) is 6.92 Å². The topological polar surface area (TPSA) is 107 Å². The summed E-state index contributed by atoms with van der Waals surface area (Å²) in [6, 6.07) is 0. The Balaban J connectivity index is 3.21. The van der Waals surface area contributed by atoms with E-state index in [4.69, 9.17) is 16.2 Å². The monoisotopic (exact) mass is 269 g/mol. The van der Waals surface area contributed by atoms with Gasteiger partial charge in [-0.1, -0.05) is 6.08 Å². The minimum atomic E-state index is -0.672. The number of carbonyl (C=O) groups is 2. The standard InChI is InChI=1S/C11H15N3O3S/c1-3-5-14-10-6(11(16)17-4-2)7(12)8(18-10)9(13)15/h3,14H,1,4-5,12H2,2H3,(H2,13,15). The molecule has 0 spiro atoms. The zero-order valence-electron chi connectivity index (χ0n) is 9.99. The third-order valence-electron chi connectivity index (χ3n) is 2.06. The van der Waals surface area contributed by atoms with Crippen LogP contribution in [-0.4, -0.2) is 25.0 Å². The molecule has 0 saturated carbocycles. The maximum absolute atomic E-state index is 11.8. The SMILES string of the molecule is C=CCNc1sc(C(N)=O)c(N)c1C(=O)OCC. The molecule has 0 atom stereocenters. The highest BCUT2D eigenvalue weighted by atomic mass is 32.1. The van der Waals surface area contributed by atoms with Crippen molar-refractivity contribution in [3.63, 3.8) is 0 Å². The fourth-order valence-corrected chi connectivity index (χ4v) is 2.29. The normalized spacial score (nSPS) is 9.83. The van der Waals surface area contributed by atoms with Gasteiger partial charge < -0.3 is 21.5 Å². The van der Waals surface area contributed by atoms with Gasteiger partial charge in [-0.25, -0.2) is 4.79 Å². The highest BCUT2D eigenvalue weighted by molar-refractivity contribution is 7.19. The maximum Gasteiger partial charge on any atom is 0.343 e. The first-order valence-electron chi connectivity index (χ1n) is 5.26. The predicted molar refractivity (Wildman–Crippen MR) is 71.9 cm³/mol. The van der Waals surface area contributed by atoms with Gasteiger partial charge in [-0.3, -0.25) is 4.79 Å². The Bertz CT molecular complexity index is 482. The third-order valence-corrected chi connectivity index (χ3v) is 3.23. The number of ether oxygens (including phenoxy) is 1. The van der Waals surface area contributed by atoms with E-state index in [2.05, 4.69) is 11.9 Å². The molecule has 0 unspecified atom stereocenters. The summed E-state index contributed by atoms with van der Waals surface area (Å²) in [7, 11) is 0. The van der Waals surface area contributed by atoms with E-state index in [1.165, 1.54) is 0 Å². The van der Waals surface area contributed by atoms with Crippen LogP contribution in [0.25, 0.3) is 0 Å². The van der Waals surface area contributed by atoms with Gasteiger partial charge in [0.25, 0.3) is 5.91 Å². The van der Waals surface area contributed by atoms with Crippen LogP contribution in [0.15, 0.2) is 12.7 Å². The number of nitrogens with one attached hydrogen (secondary N) is 1. The summed E-state index contributed by atoms with van der Waals surface area (Å²) in [4.78, 5) is 23.1. The second-order valence-corrected chi connectivity index (χ2v) is 4.32. The number of nitrogens with two attached hydrogens (primary N) is 2. The van der Waals surface area contributed by atoms with Crippen LogP contribution in [0.4, 0.5) is 10.7 Å². The summed E-state index contributed by atoms with van der Waals surface area (Å²) in [6.07, 6.45) is 1.62. The highest BCUT2D eigenvalue weighted by Gasteiger charge is 2.25. The van der Waals surface area contributed by atoms with Crippen molar-refractivity contribution in [1.82, 2.24) is 0 Å². The van der Waals surface area contributed by atoms with E-state index in [0.717, 1.165) is 11.3 Å². The molecule has 1 amide bonds. The predicted octanol–water partition coefficient (Wildman–Crippen LogP) is 1.20. The van der Waals surface area contributed by atoms with Crippen LogP contribution in [-0.2, 0) is 4.74 Å². The lowest BCUT2D eigenvalue weighted by atomic mass is 10.2. The third kappa shape index (κ3) is 2.80. The maximum atomic E-state index is 11.8. The van der Waals surface area contributed by atoms with E-state index in [-0.39, 0.29) is 22.7 Å². The van der Waals surface area contributed by atoms with Crippen molar-refractivity contribution >= 4 is 33.9 Å². The van der Waals surface area contributed by atoms with E-state index in [9.17, 15) is 9.59 Å². The lowest BCUT2D eigenvalue weighted by molar-refractivity contribution is 0.0529.